The van der Waals surface area contributed by atoms with Crippen LogP contribution in [0.15, 0.2) is 24.3 Å². The average molecular weight is 286 g/mol. The van der Waals surface area contributed by atoms with Gasteiger partial charge in [0.05, 0.1) is 0 Å². The Morgan fingerprint density at radius 2 is 1.86 bits per heavy atom. The van der Waals surface area contributed by atoms with Gasteiger partial charge in [0, 0.05) is 25.2 Å². The van der Waals surface area contributed by atoms with Crippen molar-refractivity contribution >= 4 is 0 Å². The van der Waals surface area contributed by atoms with E-state index in [9.17, 15) is 0 Å². The number of piperidine rings is 1. The molecular formula is C19H30N2. The Hall–Kier alpha value is -0.860. The van der Waals surface area contributed by atoms with Gasteiger partial charge in [0.25, 0.3) is 0 Å². The summed E-state index contributed by atoms with van der Waals surface area (Å²) in [7, 11) is 2.28. The molecule has 1 aromatic carbocycles. The van der Waals surface area contributed by atoms with Crippen LogP contribution < -0.4 is 5.32 Å². The Balaban J connectivity index is 1.63. The van der Waals surface area contributed by atoms with E-state index in [4.69, 9.17) is 0 Å². The summed E-state index contributed by atoms with van der Waals surface area (Å²) in [6, 6.07) is 10.5. The number of rotatable bonds is 3. The second-order valence-corrected chi connectivity index (χ2v) is 7.27. The van der Waals surface area contributed by atoms with Crippen molar-refractivity contribution < 1.29 is 0 Å². The molecule has 2 heteroatoms. The first-order chi connectivity index (χ1) is 10.2. The van der Waals surface area contributed by atoms with E-state index in [2.05, 4.69) is 48.5 Å². The summed E-state index contributed by atoms with van der Waals surface area (Å²) in [6.07, 6.45) is 8.34. The summed E-state index contributed by atoms with van der Waals surface area (Å²) >= 11 is 0. The van der Waals surface area contributed by atoms with Crippen LogP contribution in [-0.2, 0) is 0 Å². The lowest BCUT2D eigenvalue weighted by atomic mass is 9.86. The van der Waals surface area contributed by atoms with Crippen LogP contribution in [0.2, 0.25) is 0 Å². The van der Waals surface area contributed by atoms with Crippen molar-refractivity contribution in [3.05, 3.63) is 35.4 Å². The Morgan fingerprint density at radius 1 is 1.05 bits per heavy atom. The summed E-state index contributed by atoms with van der Waals surface area (Å²) in [5, 5.41) is 3.96. The third-order valence-corrected chi connectivity index (χ3v) is 5.22. The minimum Gasteiger partial charge on any atom is -0.310 e. The lowest BCUT2D eigenvalue weighted by Gasteiger charge is -2.39. The SMILES string of the molecule is Cc1cccc(C2CC(NC3CCCCC3)CN(C)C2)c1. The zero-order valence-corrected chi connectivity index (χ0v) is 13.6. The zero-order valence-electron chi connectivity index (χ0n) is 13.6. The average Bonchev–Trinajstić information content (AvgIpc) is 2.48. The number of hydrogen-bond acceptors (Lipinski definition) is 2. The summed E-state index contributed by atoms with van der Waals surface area (Å²) in [5.74, 6) is 0.685. The largest absolute Gasteiger partial charge is 0.310 e. The topological polar surface area (TPSA) is 15.3 Å². The number of likely N-dealkylation sites (tertiary alicyclic amines) is 1. The number of hydrogen-bond donors (Lipinski definition) is 1. The molecule has 1 saturated heterocycles. The number of nitrogens with zero attached hydrogens (tertiary/aromatic N) is 1. The maximum Gasteiger partial charge on any atom is 0.0203 e. The van der Waals surface area contributed by atoms with Crippen LogP contribution in [0.4, 0.5) is 0 Å². The molecule has 1 aliphatic heterocycles. The molecular weight excluding hydrogens is 256 g/mol. The molecule has 2 unspecified atom stereocenters. The van der Waals surface area contributed by atoms with Gasteiger partial charge in [-0.3, -0.25) is 0 Å². The van der Waals surface area contributed by atoms with E-state index in [0.29, 0.717) is 12.0 Å². The van der Waals surface area contributed by atoms with Crippen LogP contribution in [0.25, 0.3) is 0 Å². The molecule has 2 aliphatic rings. The minimum atomic E-state index is 0.664. The first-order valence-corrected chi connectivity index (χ1v) is 8.72. The molecule has 116 valence electrons. The summed E-state index contributed by atoms with van der Waals surface area (Å²) < 4.78 is 0. The van der Waals surface area contributed by atoms with E-state index in [0.717, 1.165) is 6.04 Å². The molecule has 0 radical (unpaired) electrons. The van der Waals surface area contributed by atoms with Crippen molar-refractivity contribution in [2.45, 2.75) is 63.5 Å². The van der Waals surface area contributed by atoms with Gasteiger partial charge < -0.3 is 10.2 Å². The lowest BCUT2D eigenvalue weighted by molar-refractivity contribution is 0.186. The first-order valence-electron chi connectivity index (χ1n) is 8.72. The van der Waals surface area contributed by atoms with Crippen molar-refractivity contribution in [2.75, 3.05) is 20.1 Å². The van der Waals surface area contributed by atoms with Gasteiger partial charge in [0.1, 0.15) is 0 Å². The quantitative estimate of drug-likeness (QED) is 0.911. The number of benzene rings is 1. The molecule has 0 amide bonds. The van der Waals surface area contributed by atoms with Gasteiger partial charge in [-0.05, 0) is 44.7 Å². The van der Waals surface area contributed by atoms with Crippen molar-refractivity contribution in [3.8, 4) is 0 Å². The third kappa shape index (κ3) is 4.08. The lowest BCUT2D eigenvalue weighted by Crippen LogP contribution is -2.50. The van der Waals surface area contributed by atoms with E-state index in [1.807, 2.05) is 0 Å². The summed E-state index contributed by atoms with van der Waals surface area (Å²) in [5.41, 5.74) is 2.91. The molecule has 2 fully saturated rings. The van der Waals surface area contributed by atoms with Crippen LogP contribution in [0.5, 0.6) is 0 Å². The Bertz CT molecular complexity index is 451. The van der Waals surface area contributed by atoms with E-state index >= 15 is 0 Å². The first kappa shape index (κ1) is 15.1. The highest BCUT2D eigenvalue weighted by Crippen LogP contribution is 2.28. The van der Waals surface area contributed by atoms with Crippen molar-refractivity contribution in [2.24, 2.45) is 0 Å². The fraction of sp³-hybridized carbons (Fsp3) is 0.684. The second-order valence-electron chi connectivity index (χ2n) is 7.27. The van der Waals surface area contributed by atoms with Crippen LogP contribution >= 0.6 is 0 Å². The fourth-order valence-corrected chi connectivity index (χ4v) is 4.21. The summed E-state index contributed by atoms with van der Waals surface area (Å²) in [4.78, 5) is 2.51. The van der Waals surface area contributed by atoms with E-state index in [1.165, 1.54) is 62.7 Å². The molecule has 2 nitrogen and oxygen atoms in total. The van der Waals surface area contributed by atoms with Gasteiger partial charge in [0.2, 0.25) is 0 Å². The zero-order chi connectivity index (χ0) is 14.7. The Labute approximate surface area is 129 Å². The fourth-order valence-electron chi connectivity index (χ4n) is 4.21. The van der Waals surface area contributed by atoms with Crippen LogP contribution in [0.1, 0.15) is 55.6 Å². The molecule has 1 saturated carbocycles. The molecule has 0 aromatic heterocycles. The van der Waals surface area contributed by atoms with Gasteiger partial charge in [0.15, 0.2) is 0 Å². The van der Waals surface area contributed by atoms with Gasteiger partial charge in [-0.1, -0.05) is 49.1 Å². The smallest absolute Gasteiger partial charge is 0.0203 e. The van der Waals surface area contributed by atoms with Crippen molar-refractivity contribution in [1.29, 1.82) is 0 Å². The number of likely N-dealkylation sites (N-methyl/N-ethyl adjacent to an activating group) is 1. The van der Waals surface area contributed by atoms with Gasteiger partial charge >= 0.3 is 0 Å². The molecule has 1 aromatic rings. The van der Waals surface area contributed by atoms with Crippen LogP contribution in [-0.4, -0.2) is 37.1 Å². The second kappa shape index (κ2) is 6.93. The molecule has 21 heavy (non-hydrogen) atoms. The molecule has 1 heterocycles. The monoisotopic (exact) mass is 286 g/mol. The normalized spacial score (nSPS) is 28.7. The molecule has 3 rings (SSSR count). The van der Waals surface area contributed by atoms with Crippen molar-refractivity contribution in [1.82, 2.24) is 10.2 Å². The highest BCUT2D eigenvalue weighted by molar-refractivity contribution is 5.26. The van der Waals surface area contributed by atoms with Crippen LogP contribution in [0, 0.1) is 6.92 Å². The minimum absolute atomic E-state index is 0.664. The Kier molecular flexibility index (Phi) is 4.97. The predicted molar refractivity (Wildman–Crippen MR) is 89.8 cm³/mol. The Morgan fingerprint density at radius 3 is 2.62 bits per heavy atom. The molecule has 0 bridgehead atoms. The molecule has 2 atom stereocenters. The van der Waals surface area contributed by atoms with Gasteiger partial charge in [-0.2, -0.15) is 0 Å². The summed E-state index contributed by atoms with van der Waals surface area (Å²) in [6.45, 7) is 4.61. The van der Waals surface area contributed by atoms with E-state index < -0.39 is 0 Å². The molecule has 1 N–H and O–H groups in total. The van der Waals surface area contributed by atoms with Crippen molar-refractivity contribution in [3.63, 3.8) is 0 Å². The number of aryl methyl sites for hydroxylation is 1. The van der Waals surface area contributed by atoms with Crippen LogP contribution in [0.3, 0.4) is 0 Å². The van der Waals surface area contributed by atoms with E-state index in [1.54, 1.807) is 0 Å². The number of nitrogens with one attached hydrogen (secondary N) is 1. The molecule has 0 spiro atoms. The third-order valence-electron chi connectivity index (χ3n) is 5.22. The molecule has 1 aliphatic carbocycles. The maximum atomic E-state index is 3.96. The van der Waals surface area contributed by atoms with Gasteiger partial charge in [-0.15, -0.1) is 0 Å². The van der Waals surface area contributed by atoms with Gasteiger partial charge in [-0.25, -0.2) is 0 Å². The highest BCUT2D eigenvalue weighted by atomic mass is 15.1. The highest BCUT2D eigenvalue weighted by Gasteiger charge is 2.28. The standard InChI is InChI=1S/C19H30N2/c1-15-7-6-8-16(11-15)17-12-19(14-21(2)13-17)20-18-9-4-3-5-10-18/h6-8,11,17-20H,3-5,9-10,12-14H2,1-2H3. The predicted octanol–water partition coefficient (Wildman–Crippen LogP) is 3.71. The maximum absolute atomic E-state index is 3.96. The van der Waals surface area contributed by atoms with E-state index in [-0.39, 0.29) is 0 Å².